The highest BCUT2D eigenvalue weighted by Crippen LogP contribution is 2.22. The van der Waals surface area contributed by atoms with E-state index in [1.807, 2.05) is 24.3 Å². The van der Waals surface area contributed by atoms with Crippen molar-refractivity contribution in [2.75, 3.05) is 33.2 Å². The minimum Gasteiger partial charge on any atom is -0.432 e. The third kappa shape index (κ3) is 13.1. The van der Waals surface area contributed by atoms with Crippen molar-refractivity contribution in [3.05, 3.63) is 95.6 Å². The Morgan fingerprint density at radius 3 is 2.15 bits per heavy atom. The standard InChI is InChI=1S/C36H41ClN8O7.CH5N/c1-21(18-40-33(49)25-10-8-23(9-11-25)24-12-14-26(37)15-13-24)43-31(22(2)46)35(51)42-20-30(48)44-27(6-3-4-16-38)34(50)41-19-28(47)36-45-32-29(52-36)7-5-17-39-32;1-2/h5,7-15,17,22,27,31,43,46H,1,3-4,6,16,18-20,38H2,2H3,(H,40,49)(H,41,50)(H,42,51)(H,44,48);2H2,1H3. The summed E-state index contributed by atoms with van der Waals surface area (Å²) in [6.07, 6.45) is 1.62. The fourth-order valence-corrected chi connectivity index (χ4v) is 5.09. The summed E-state index contributed by atoms with van der Waals surface area (Å²) in [5, 5.41) is 23.9. The maximum Gasteiger partial charge on any atom is 0.267 e. The van der Waals surface area contributed by atoms with E-state index >= 15 is 0 Å². The van der Waals surface area contributed by atoms with Crippen molar-refractivity contribution in [3.8, 4) is 11.1 Å². The molecule has 0 aliphatic carbocycles. The molecule has 3 atom stereocenters. The van der Waals surface area contributed by atoms with Gasteiger partial charge in [-0.25, -0.2) is 4.98 Å². The summed E-state index contributed by atoms with van der Waals surface area (Å²) in [7, 11) is 1.50. The van der Waals surface area contributed by atoms with Gasteiger partial charge < -0.3 is 47.6 Å². The van der Waals surface area contributed by atoms with Crippen molar-refractivity contribution in [2.45, 2.75) is 44.4 Å². The number of nitrogens with one attached hydrogen (secondary N) is 5. The molecule has 17 heteroatoms. The number of amides is 4. The van der Waals surface area contributed by atoms with Gasteiger partial charge in [0.05, 0.1) is 25.7 Å². The molecule has 288 valence electrons. The Bertz CT molecular complexity index is 1850. The number of unbranched alkanes of at least 4 members (excludes halogenated alkanes) is 1. The van der Waals surface area contributed by atoms with E-state index in [1.54, 1.807) is 36.4 Å². The highest BCUT2D eigenvalue weighted by molar-refractivity contribution is 6.30. The first-order valence-corrected chi connectivity index (χ1v) is 17.5. The molecule has 4 amide bonds. The van der Waals surface area contributed by atoms with Gasteiger partial charge in [-0.15, -0.1) is 0 Å². The van der Waals surface area contributed by atoms with Crippen LogP contribution in [0.15, 0.2) is 83.6 Å². The zero-order chi connectivity index (χ0) is 39.6. The summed E-state index contributed by atoms with van der Waals surface area (Å²) < 4.78 is 5.39. The van der Waals surface area contributed by atoms with Crippen LogP contribution in [0.4, 0.5) is 0 Å². The highest BCUT2D eigenvalue weighted by Gasteiger charge is 2.26. The Morgan fingerprint density at radius 1 is 0.870 bits per heavy atom. The number of halogens is 1. The second-order valence-electron chi connectivity index (χ2n) is 11.8. The number of oxazole rings is 1. The van der Waals surface area contributed by atoms with Gasteiger partial charge in [-0.1, -0.05) is 42.4 Å². The van der Waals surface area contributed by atoms with Crippen LogP contribution in [0, 0.1) is 0 Å². The number of aliphatic hydroxyl groups excluding tert-OH is 1. The first-order chi connectivity index (χ1) is 25.9. The summed E-state index contributed by atoms with van der Waals surface area (Å²) >= 11 is 5.96. The number of nitrogens with two attached hydrogens (primary N) is 2. The smallest absolute Gasteiger partial charge is 0.267 e. The van der Waals surface area contributed by atoms with Crippen LogP contribution in [-0.4, -0.2) is 95.9 Å². The molecule has 54 heavy (non-hydrogen) atoms. The number of hydrogen-bond acceptors (Lipinski definition) is 12. The zero-order valence-electron chi connectivity index (χ0n) is 30.1. The second kappa shape index (κ2) is 21.8. The first-order valence-electron chi connectivity index (χ1n) is 17.1. The third-order valence-corrected chi connectivity index (χ3v) is 8.01. The molecular weight excluding hydrogens is 718 g/mol. The van der Waals surface area contributed by atoms with Gasteiger partial charge in [0.2, 0.25) is 23.5 Å². The van der Waals surface area contributed by atoms with Gasteiger partial charge in [0.1, 0.15) is 12.1 Å². The average Bonchev–Trinajstić information content (AvgIpc) is 3.62. The molecule has 2 heterocycles. The van der Waals surface area contributed by atoms with Crippen molar-refractivity contribution < 1.29 is 33.5 Å². The van der Waals surface area contributed by atoms with E-state index in [0.717, 1.165) is 11.1 Å². The number of nitrogens with zero attached hydrogens (tertiary/aromatic N) is 2. The number of carbonyl (C=O) groups is 5. The lowest BCUT2D eigenvalue weighted by Gasteiger charge is -2.23. The number of pyridine rings is 1. The van der Waals surface area contributed by atoms with Gasteiger partial charge in [-0.05, 0) is 87.3 Å². The number of carbonyl (C=O) groups excluding carboxylic acids is 5. The van der Waals surface area contributed by atoms with Crippen LogP contribution >= 0.6 is 11.6 Å². The van der Waals surface area contributed by atoms with Gasteiger partial charge in [0, 0.05) is 22.5 Å². The molecule has 0 spiro atoms. The SMILES string of the molecule is C=C(CNC(=O)c1ccc(-c2ccc(Cl)cc2)cc1)NC(C(=O)NCC(=O)NC(CCCCN)C(=O)NCC(=O)c1nc2ncccc2o1)C(C)O.CN. The second-order valence-corrected chi connectivity index (χ2v) is 12.3. The van der Waals surface area contributed by atoms with Gasteiger partial charge in [0.25, 0.3) is 11.8 Å². The molecule has 3 unspecified atom stereocenters. The summed E-state index contributed by atoms with van der Waals surface area (Å²) in [4.78, 5) is 72.1. The lowest BCUT2D eigenvalue weighted by atomic mass is 10.0. The lowest BCUT2D eigenvalue weighted by Crippen LogP contribution is -2.54. The summed E-state index contributed by atoms with van der Waals surface area (Å²) in [5.74, 6) is -3.22. The summed E-state index contributed by atoms with van der Waals surface area (Å²) in [6.45, 7) is 4.58. The molecule has 0 bridgehead atoms. The van der Waals surface area contributed by atoms with Gasteiger partial charge in [-0.3, -0.25) is 24.0 Å². The van der Waals surface area contributed by atoms with Crippen LogP contribution in [0.5, 0.6) is 0 Å². The van der Waals surface area contributed by atoms with Gasteiger partial charge in [0.15, 0.2) is 11.2 Å². The molecule has 0 fully saturated rings. The number of Topliss-reactive ketones (excluding diaryl/α,β-unsaturated/α-hetero) is 1. The number of aromatic nitrogens is 2. The third-order valence-electron chi connectivity index (χ3n) is 7.76. The van der Waals surface area contributed by atoms with Crippen LogP contribution in [0.1, 0.15) is 47.2 Å². The molecule has 2 aromatic carbocycles. The van der Waals surface area contributed by atoms with Crippen molar-refractivity contribution in [3.63, 3.8) is 0 Å². The Labute approximate surface area is 317 Å². The minimum atomic E-state index is -1.22. The van der Waals surface area contributed by atoms with Crippen LogP contribution in [-0.2, 0) is 14.4 Å². The number of ketones is 1. The maximum atomic E-state index is 13.0. The predicted octanol–water partition coefficient (Wildman–Crippen LogP) is 1.43. The van der Waals surface area contributed by atoms with E-state index in [9.17, 15) is 29.1 Å². The van der Waals surface area contributed by atoms with E-state index in [4.69, 9.17) is 21.8 Å². The normalized spacial score (nSPS) is 12.3. The van der Waals surface area contributed by atoms with Crippen LogP contribution < -0.4 is 38.1 Å². The van der Waals surface area contributed by atoms with E-state index < -0.39 is 54.8 Å². The Kier molecular flexibility index (Phi) is 17.2. The topological polar surface area (TPSA) is 257 Å². The van der Waals surface area contributed by atoms with Crippen molar-refractivity contribution in [1.29, 1.82) is 0 Å². The van der Waals surface area contributed by atoms with E-state index in [0.29, 0.717) is 35.6 Å². The molecule has 16 nitrogen and oxygen atoms in total. The number of benzene rings is 2. The fourth-order valence-electron chi connectivity index (χ4n) is 4.96. The molecule has 0 aliphatic rings. The molecule has 0 radical (unpaired) electrons. The fraction of sp³-hybridized carbons (Fsp3) is 0.324. The molecule has 0 aliphatic heterocycles. The van der Waals surface area contributed by atoms with Crippen LogP contribution in [0.25, 0.3) is 22.4 Å². The zero-order valence-corrected chi connectivity index (χ0v) is 30.8. The first kappa shape index (κ1) is 42.7. The lowest BCUT2D eigenvalue weighted by molar-refractivity contribution is -0.131. The Balaban J connectivity index is 0.00000385. The van der Waals surface area contributed by atoms with Gasteiger partial charge >= 0.3 is 0 Å². The summed E-state index contributed by atoms with van der Waals surface area (Å²) in [5.41, 5.74) is 13.2. The Morgan fingerprint density at radius 2 is 1.52 bits per heavy atom. The molecule has 2 aromatic heterocycles. The molecule has 4 rings (SSSR count). The van der Waals surface area contributed by atoms with Gasteiger partial charge in [-0.2, -0.15) is 4.98 Å². The van der Waals surface area contributed by atoms with Crippen molar-refractivity contribution in [2.24, 2.45) is 11.5 Å². The van der Waals surface area contributed by atoms with Crippen molar-refractivity contribution in [1.82, 2.24) is 36.6 Å². The predicted molar refractivity (Wildman–Crippen MR) is 204 cm³/mol. The quantitative estimate of drug-likeness (QED) is 0.0499. The number of fused-ring (bicyclic) bond motifs is 1. The number of rotatable bonds is 19. The van der Waals surface area contributed by atoms with E-state index in [-0.39, 0.29) is 36.1 Å². The van der Waals surface area contributed by atoms with E-state index in [1.165, 1.54) is 20.2 Å². The number of aliphatic hydroxyl groups is 1. The maximum absolute atomic E-state index is 13.0. The Hall–Kier alpha value is -5.68. The molecule has 4 aromatic rings. The van der Waals surface area contributed by atoms with Crippen molar-refractivity contribution >= 4 is 52.2 Å². The van der Waals surface area contributed by atoms with Crippen LogP contribution in [0.2, 0.25) is 5.02 Å². The molecule has 0 saturated carbocycles. The molecular formula is C37H46ClN9O7. The molecule has 10 N–H and O–H groups in total. The highest BCUT2D eigenvalue weighted by atomic mass is 35.5. The minimum absolute atomic E-state index is 0.0554. The van der Waals surface area contributed by atoms with Crippen LogP contribution in [0.3, 0.4) is 0 Å². The number of hydrogen-bond donors (Lipinski definition) is 8. The largest absolute Gasteiger partial charge is 0.432 e. The average molecular weight is 764 g/mol. The van der Waals surface area contributed by atoms with E-state index in [2.05, 4.69) is 48.9 Å². The molecule has 0 saturated heterocycles. The summed E-state index contributed by atoms with van der Waals surface area (Å²) in [6, 6.07) is 15.3. The monoisotopic (exact) mass is 763 g/mol.